The van der Waals surface area contributed by atoms with Gasteiger partial charge in [0.15, 0.2) is 0 Å². The Morgan fingerprint density at radius 1 is 1.28 bits per heavy atom. The molecule has 0 bridgehead atoms. The molecule has 5 nitrogen and oxygen atoms in total. The zero-order valence-corrected chi connectivity index (χ0v) is 11.7. The minimum absolute atomic E-state index is 0.276. The molecule has 0 aliphatic carbocycles. The number of nitrogens with zero attached hydrogens (tertiary/aromatic N) is 2. The van der Waals surface area contributed by atoms with Crippen LogP contribution in [0.15, 0.2) is 6.07 Å². The first kappa shape index (κ1) is 14.7. The number of hydrogen-bond acceptors (Lipinski definition) is 5. The zero-order chi connectivity index (χ0) is 13.4. The van der Waals surface area contributed by atoms with Crippen molar-refractivity contribution < 1.29 is 9.47 Å². The predicted molar refractivity (Wildman–Crippen MR) is 72.3 cm³/mol. The van der Waals surface area contributed by atoms with Gasteiger partial charge in [0.05, 0.1) is 6.61 Å². The molecule has 102 valence electrons. The first-order valence-electron chi connectivity index (χ1n) is 6.42. The fourth-order valence-corrected chi connectivity index (χ4v) is 1.35. The van der Waals surface area contributed by atoms with Gasteiger partial charge in [-0.15, -0.1) is 0 Å². The Hall–Kier alpha value is -1.36. The Bertz CT molecular complexity index is 356. The molecule has 0 radical (unpaired) electrons. The lowest BCUT2D eigenvalue weighted by atomic mass is 10.2. The molecule has 5 heteroatoms. The number of ether oxygens (including phenoxy) is 2. The monoisotopic (exact) mass is 253 g/mol. The molecule has 0 saturated heterocycles. The van der Waals surface area contributed by atoms with Gasteiger partial charge in [0.1, 0.15) is 18.2 Å². The Kier molecular flexibility index (Phi) is 6.43. The van der Waals surface area contributed by atoms with Crippen LogP contribution in [0.2, 0.25) is 0 Å². The van der Waals surface area contributed by atoms with E-state index in [-0.39, 0.29) is 5.92 Å². The summed E-state index contributed by atoms with van der Waals surface area (Å²) in [6.45, 7) is 8.20. The van der Waals surface area contributed by atoms with Crippen molar-refractivity contribution in [3.63, 3.8) is 0 Å². The van der Waals surface area contributed by atoms with Crippen molar-refractivity contribution >= 4 is 5.82 Å². The third-order valence-corrected chi connectivity index (χ3v) is 2.33. The number of anilines is 1. The Balaban J connectivity index is 2.77. The summed E-state index contributed by atoms with van der Waals surface area (Å²) in [6.07, 6.45) is 1.06. The van der Waals surface area contributed by atoms with Crippen LogP contribution >= 0.6 is 0 Å². The highest BCUT2D eigenvalue weighted by atomic mass is 16.5. The van der Waals surface area contributed by atoms with E-state index in [1.807, 2.05) is 6.07 Å². The van der Waals surface area contributed by atoms with Crippen LogP contribution in [0.4, 0.5) is 5.82 Å². The molecule has 18 heavy (non-hydrogen) atoms. The molecule has 0 fully saturated rings. The van der Waals surface area contributed by atoms with Crippen LogP contribution in [0.3, 0.4) is 0 Å². The van der Waals surface area contributed by atoms with Crippen LogP contribution in [0.5, 0.6) is 5.88 Å². The van der Waals surface area contributed by atoms with Crippen molar-refractivity contribution in [2.45, 2.75) is 33.1 Å². The summed E-state index contributed by atoms with van der Waals surface area (Å²) in [5.41, 5.74) is 0. The highest BCUT2D eigenvalue weighted by Crippen LogP contribution is 2.18. The van der Waals surface area contributed by atoms with Gasteiger partial charge in [0.2, 0.25) is 5.88 Å². The smallest absolute Gasteiger partial charge is 0.218 e. The average molecular weight is 253 g/mol. The fraction of sp³-hybridized carbons (Fsp3) is 0.692. The summed E-state index contributed by atoms with van der Waals surface area (Å²) in [5.74, 6) is 2.49. The molecule has 0 atom stereocenters. The first-order chi connectivity index (χ1) is 8.67. The van der Waals surface area contributed by atoms with E-state index >= 15 is 0 Å². The molecule has 0 aromatic carbocycles. The van der Waals surface area contributed by atoms with Crippen LogP contribution in [0.25, 0.3) is 0 Å². The van der Waals surface area contributed by atoms with E-state index in [2.05, 4.69) is 36.1 Å². The van der Waals surface area contributed by atoms with Crippen LogP contribution in [0.1, 0.15) is 38.9 Å². The summed E-state index contributed by atoms with van der Waals surface area (Å²) in [6, 6.07) is 1.83. The molecule has 0 spiro atoms. The Labute approximate surface area is 109 Å². The average Bonchev–Trinajstić information content (AvgIpc) is 2.36. The van der Waals surface area contributed by atoms with E-state index < -0.39 is 0 Å². The minimum Gasteiger partial charge on any atom is -0.475 e. The summed E-state index contributed by atoms with van der Waals surface area (Å²) < 4.78 is 10.5. The van der Waals surface area contributed by atoms with Crippen molar-refractivity contribution in [1.82, 2.24) is 9.97 Å². The standard InChI is InChI=1S/C13H23N3O2/c1-5-6-14-11-9-12(18-8-7-17-4)16-13(15-11)10(2)3/h9-10H,5-8H2,1-4H3,(H,14,15,16). The highest BCUT2D eigenvalue weighted by Gasteiger charge is 2.08. The largest absolute Gasteiger partial charge is 0.475 e. The third-order valence-electron chi connectivity index (χ3n) is 2.33. The van der Waals surface area contributed by atoms with Crippen LogP contribution in [-0.2, 0) is 4.74 Å². The lowest BCUT2D eigenvalue weighted by Crippen LogP contribution is -2.10. The van der Waals surface area contributed by atoms with Gasteiger partial charge in [0, 0.05) is 25.6 Å². The third kappa shape index (κ3) is 4.87. The second kappa shape index (κ2) is 7.87. The highest BCUT2D eigenvalue weighted by molar-refractivity contribution is 5.38. The molecule has 0 unspecified atom stereocenters. The van der Waals surface area contributed by atoms with Gasteiger partial charge < -0.3 is 14.8 Å². The fourth-order valence-electron chi connectivity index (χ4n) is 1.35. The minimum atomic E-state index is 0.276. The van der Waals surface area contributed by atoms with E-state index in [0.717, 1.165) is 24.6 Å². The second-order valence-electron chi connectivity index (χ2n) is 4.37. The molecule has 1 aromatic rings. The molecule has 0 saturated carbocycles. The van der Waals surface area contributed by atoms with Gasteiger partial charge in [0.25, 0.3) is 0 Å². The normalized spacial score (nSPS) is 10.7. The van der Waals surface area contributed by atoms with Crippen LogP contribution < -0.4 is 10.1 Å². The van der Waals surface area contributed by atoms with E-state index in [9.17, 15) is 0 Å². The molecule has 0 aliphatic heterocycles. The predicted octanol–water partition coefficient (Wildman–Crippen LogP) is 2.45. The lowest BCUT2D eigenvalue weighted by Gasteiger charge is -2.11. The molecular formula is C13H23N3O2. The summed E-state index contributed by atoms with van der Waals surface area (Å²) in [4.78, 5) is 8.85. The van der Waals surface area contributed by atoms with Crippen molar-refractivity contribution in [3.05, 3.63) is 11.9 Å². The first-order valence-corrected chi connectivity index (χ1v) is 6.42. The maximum absolute atomic E-state index is 5.54. The number of rotatable bonds is 8. The number of hydrogen-bond donors (Lipinski definition) is 1. The molecule has 0 aliphatic rings. The number of aromatic nitrogens is 2. The second-order valence-corrected chi connectivity index (χ2v) is 4.37. The van der Waals surface area contributed by atoms with Crippen LogP contribution in [0, 0.1) is 0 Å². The molecule has 0 amide bonds. The van der Waals surface area contributed by atoms with Crippen molar-refractivity contribution in [2.75, 3.05) is 32.2 Å². The quantitative estimate of drug-likeness (QED) is 0.721. The maximum atomic E-state index is 5.54. The van der Waals surface area contributed by atoms with Crippen molar-refractivity contribution in [3.8, 4) is 5.88 Å². The van der Waals surface area contributed by atoms with Gasteiger partial charge in [-0.2, -0.15) is 4.98 Å². The lowest BCUT2D eigenvalue weighted by molar-refractivity contribution is 0.143. The number of nitrogens with one attached hydrogen (secondary N) is 1. The molecule has 1 rings (SSSR count). The summed E-state index contributed by atoms with van der Waals surface area (Å²) >= 11 is 0. The van der Waals surface area contributed by atoms with Crippen molar-refractivity contribution in [1.29, 1.82) is 0 Å². The van der Waals surface area contributed by atoms with E-state index in [4.69, 9.17) is 9.47 Å². The maximum Gasteiger partial charge on any atom is 0.218 e. The van der Waals surface area contributed by atoms with Gasteiger partial charge in [-0.1, -0.05) is 20.8 Å². The summed E-state index contributed by atoms with van der Waals surface area (Å²) in [7, 11) is 1.65. The van der Waals surface area contributed by atoms with Gasteiger partial charge in [-0.05, 0) is 6.42 Å². The topological polar surface area (TPSA) is 56.3 Å². The summed E-state index contributed by atoms with van der Waals surface area (Å²) in [5, 5.41) is 3.26. The van der Waals surface area contributed by atoms with E-state index in [1.54, 1.807) is 7.11 Å². The van der Waals surface area contributed by atoms with Gasteiger partial charge >= 0.3 is 0 Å². The molecule has 1 aromatic heterocycles. The molecule has 1 N–H and O–H groups in total. The van der Waals surface area contributed by atoms with Gasteiger partial charge in [-0.3, -0.25) is 0 Å². The van der Waals surface area contributed by atoms with E-state index in [1.165, 1.54) is 0 Å². The van der Waals surface area contributed by atoms with Crippen LogP contribution in [-0.4, -0.2) is 36.8 Å². The zero-order valence-electron chi connectivity index (χ0n) is 11.7. The van der Waals surface area contributed by atoms with E-state index in [0.29, 0.717) is 19.1 Å². The molecule has 1 heterocycles. The molecular weight excluding hydrogens is 230 g/mol. The number of methoxy groups -OCH3 is 1. The van der Waals surface area contributed by atoms with Gasteiger partial charge in [-0.25, -0.2) is 4.98 Å². The Morgan fingerprint density at radius 2 is 2.06 bits per heavy atom. The van der Waals surface area contributed by atoms with Crippen molar-refractivity contribution in [2.24, 2.45) is 0 Å². The SMILES string of the molecule is CCCNc1cc(OCCOC)nc(C(C)C)n1. The Morgan fingerprint density at radius 3 is 2.67 bits per heavy atom.